The molecule has 0 aliphatic heterocycles. The normalized spacial score (nSPS) is 15.2. The van der Waals surface area contributed by atoms with E-state index in [4.69, 9.17) is 4.74 Å². The first-order valence-electron chi connectivity index (χ1n) is 6.84. The Morgan fingerprint density at radius 2 is 2.26 bits per heavy atom. The van der Waals surface area contributed by atoms with Crippen LogP contribution in [0.3, 0.4) is 0 Å². The molecule has 5 nitrogen and oxygen atoms in total. The van der Waals surface area contributed by atoms with Gasteiger partial charge in [0.1, 0.15) is 0 Å². The Bertz CT molecular complexity index is 429. The molecule has 104 valence electrons. The van der Waals surface area contributed by atoms with Gasteiger partial charge in [-0.15, -0.1) is 0 Å². The highest BCUT2D eigenvalue weighted by Gasteiger charge is 2.20. The van der Waals surface area contributed by atoms with Crippen molar-refractivity contribution in [3.8, 4) is 5.88 Å². The molecule has 1 aromatic rings. The average molecular weight is 262 g/mol. The van der Waals surface area contributed by atoms with E-state index in [1.54, 1.807) is 7.11 Å². The van der Waals surface area contributed by atoms with Crippen LogP contribution in [0.4, 0.5) is 0 Å². The highest BCUT2D eigenvalue weighted by atomic mass is 16.5. The van der Waals surface area contributed by atoms with Gasteiger partial charge in [-0.05, 0) is 31.7 Å². The van der Waals surface area contributed by atoms with Gasteiger partial charge in [0.05, 0.1) is 19.3 Å². The number of methoxy groups -OCH3 is 1. The maximum absolute atomic E-state index is 5.11. The van der Waals surface area contributed by atoms with Gasteiger partial charge in [0.25, 0.3) is 0 Å². The summed E-state index contributed by atoms with van der Waals surface area (Å²) < 4.78 is 5.11. The molecule has 0 unspecified atom stereocenters. The van der Waals surface area contributed by atoms with Crippen LogP contribution in [0, 0.1) is 5.92 Å². The standard InChI is InChI=1S/C14H22N4O/c1-3-15-14(16-9-11-7-8-11)17-10-12-5-4-6-13(18-12)19-2/h4-6,11H,3,7-10H2,1-2H3,(H2,15,16,17). The third-order valence-electron chi connectivity index (χ3n) is 2.99. The van der Waals surface area contributed by atoms with Crippen molar-refractivity contribution in [2.45, 2.75) is 26.3 Å². The third kappa shape index (κ3) is 4.77. The lowest BCUT2D eigenvalue weighted by Gasteiger charge is -2.10. The minimum absolute atomic E-state index is 0.553. The SMILES string of the molecule is CCNC(=NCc1cccc(OC)n1)NCC1CC1. The molecule has 0 atom stereocenters. The Labute approximate surface area is 114 Å². The Hall–Kier alpha value is -1.78. The van der Waals surface area contributed by atoms with Crippen molar-refractivity contribution in [1.82, 2.24) is 15.6 Å². The van der Waals surface area contributed by atoms with Crippen molar-refractivity contribution in [1.29, 1.82) is 0 Å². The van der Waals surface area contributed by atoms with Crippen LogP contribution in [-0.2, 0) is 6.54 Å². The highest BCUT2D eigenvalue weighted by molar-refractivity contribution is 5.79. The molecular formula is C14H22N4O. The van der Waals surface area contributed by atoms with Crippen molar-refractivity contribution in [3.63, 3.8) is 0 Å². The quantitative estimate of drug-likeness (QED) is 0.603. The number of aromatic nitrogens is 1. The number of guanidine groups is 1. The average Bonchev–Trinajstić information content (AvgIpc) is 3.26. The summed E-state index contributed by atoms with van der Waals surface area (Å²) in [7, 11) is 1.62. The van der Waals surface area contributed by atoms with E-state index in [2.05, 4.69) is 27.5 Å². The summed E-state index contributed by atoms with van der Waals surface area (Å²) in [6, 6.07) is 5.72. The van der Waals surface area contributed by atoms with E-state index >= 15 is 0 Å². The first kappa shape index (κ1) is 13.6. The molecule has 0 aromatic carbocycles. The summed E-state index contributed by atoms with van der Waals surface area (Å²) in [6.45, 7) is 4.49. The maximum Gasteiger partial charge on any atom is 0.213 e. The minimum Gasteiger partial charge on any atom is -0.481 e. The molecule has 1 heterocycles. The van der Waals surface area contributed by atoms with E-state index in [0.717, 1.165) is 30.7 Å². The zero-order valence-corrected chi connectivity index (χ0v) is 11.6. The van der Waals surface area contributed by atoms with Gasteiger partial charge < -0.3 is 15.4 Å². The molecule has 2 N–H and O–H groups in total. The number of hydrogen-bond donors (Lipinski definition) is 2. The third-order valence-corrected chi connectivity index (χ3v) is 2.99. The number of nitrogens with one attached hydrogen (secondary N) is 2. The van der Waals surface area contributed by atoms with Gasteiger partial charge in [-0.2, -0.15) is 0 Å². The van der Waals surface area contributed by atoms with Crippen LogP contribution in [-0.4, -0.2) is 31.1 Å². The minimum atomic E-state index is 0.553. The molecule has 1 aromatic heterocycles. The van der Waals surface area contributed by atoms with Gasteiger partial charge >= 0.3 is 0 Å². The lowest BCUT2D eigenvalue weighted by atomic mass is 10.3. The summed E-state index contributed by atoms with van der Waals surface area (Å²) >= 11 is 0. The molecule has 1 fully saturated rings. The fraction of sp³-hybridized carbons (Fsp3) is 0.571. The molecular weight excluding hydrogens is 240 g/mol. The molecule has 5 heteroatoms. The van der Waals surface area contributed by atoms with Crippen LogP contribution in [0.5, 0.6) is 5.88 Å². The molecule has 0 spiro atoms. The Morgan fingerprint density at radius 1 is 1.42 bits per heavy atom. The van der Waals surface area contributed by atoms with Crippen molar-refractivity contribution >= 4 is 5.96 Å². The van der Waals surface area contributed by atoms with Crippen LogP contribution in [0.1, 0.15) is 25.5 Å². The number of pyridine rings is 1. The fourth-order valence-electron chi connectivity index (χ4n) is 1.72. The van der Waals surface area contributed by atoms with Crippen molar-refractivity contribution in [3.05, 3.63) is 23.9 Å². The van der Waals surface area contributed by atoms with Crippen molar-refractivity contribution < 1.29 is 4.74 Å². The molecule has 1 saturated carbocycles. The summed E-state index contributed by atoms with van der Waals surface area (Å²) in [5.41, 5.74) is 0.906. The van der Waals surface area contributed by atoms with Gasteiger partial charge in [-0.3, -0.25) is 0 Å². The van der Waals surface area contributed by atoms with Gasteiger partial charge in [-0.1, -0.05) is 6.07 Å². The highest BCUT2D eigenvalue weighted by Crippen LogP contribution is 2.27. The van der Waals surface area contributed by atoms with Gasteiger partial charge in [0.15, 0.2) is 5.96 Å². The molecule has 19 heavy (non-hydrogen) atoms. The van der Waals surface area contributed by atoms with Gasteiger partial charge in [-0.25, -0.2) is 9.98 Å². The van der Waals surface area contributed by atoms with Crippen LogP contribution in [0.25, 0.3) is 0 Å². The van der Waals surface area contributed by atoms with Gasteiger partial charge in [0.2, 0.25) is 5.88 Å². The predicted molar refractivity (Wildman–Crippen MR) is 76.3 cm³/mol. The smallest absolute Gasteiger partial charge is 0.213 e. The summed E-state index contributed by atoms with van der Waals surface area (Å²) in [5.74, 6) is 2.32. The zero-order chi connectivity index (χ0) is 13.5. The molecule has 1 aliphatic carbocycles. The van der Waals surface area contributed by atoms with Crippen LogP contribution in [0.2, 0.25) is 0 Å². The van der Waals surface area contributed by atoms with E-state index in [1.807, 2.05) is 18.2 Å². The van der Waals surface area contributed by atoms with Crippen molar-refractivity contribution in [2.24, 2.45) is 10.9 Å². The lowest BCUT2D eigenvalue weighted by Crippen LogP contribution is -2.38. The molecule has 0 amide bonds. The van der Waals surface area contributed by atoms with Crippen LogP contribution < -0.4 is 15.4 Å². The molecule has 2 rings (SSSR count). The molecule has 1 aliphatic rings. The second-order valence-corrected chi connectivity index (χ2v) is 4.69. The van der Waals surface area contributed by atoms with Crippen molar-refractivity contribution in [2.75, 3.05) is 20.2 Å². The maximum atomic E-state index is 5.11. The van der Waals surface area contributed by atoms with Crippen LogP contribution >= 0.6 is 0 Å². The molecule has 0 bridgehead atoms. The van der Waals surface area contributed by atoms with E-state index in [-0.39, 0.29) is 0 Å². The summed E-state index contributed by atoms with van der Waals surface area (Å²) in [6.07, 6.45) is 2.67. The summed E-state index contributed by atoms with van der Waals surface area (Å²) in [4.78, 5) is 8.88. The topological polar surface area (TPSA) is 58.5 Å². The number of hydrogen-bond acceptors (Lipinski definition) is 3. The summed E-state index contributed by atoms with van der Waals surface area (Å²) in [5, 5.41) is 6.61. The molecule has 0 radical (unpaired) electrons. The van der Waals surface area contributed by atoms with E-state index in [9.17, 15) is 0 Å². The number of aliphatic imine (C=N–C) groups is 1. The second-order valence-electron chi connectivity index (χ2n) is 4.69. The van der Waals surface area contributed by atoms with Crippen LogP contribution in [0.15, 0.2) is 23.2 Å². The predicted octanol–water partition coefficient (Wildman–Crippen LogP) is 1.56. The first-order chi connectivity index (χ1) is 9.31. The van der Waals surface area contributed by atoms with E-state index in [0.29, 0.717) is 12.4 Å². The first-order valence-corrected chi connectivity index (χ1v) is 6.84. The second kappa shape index (κ2) is 6.97. The van der Waals surface area contributed by atoms with E-state index < -0.39 is 0 Å². The monoisotopic (exact) mass is 262 g/mol. The number of rotatable bonds is 6. The van der Waals surface area contributed by atoms with Gasteiger partial charge in [0, 0.05) is 19.2 Å². The molecule has 0 saturated heterocycles. The Kier molecular flexibility index (Phi) is 5.01. The number of ether oxygens (including phenoxy) is 1. The fourth-order valence-corrected chi connectivity index (χ4v) is 1.72. The lowest BCUT2D eigenvalue weighted by molar-refractivity contribution is 0.396. The number of nitrogens with zero attached hydrogens (tertiary/aromatic N) is 2. The zero-order valence-electron chi connectivity index (χ0n) is 11.6. The van der Waals surface area contributed by atoms with E-state index in [1.165, 1.54) is 12.8 Å². The Balaban J connectivity index is 1.90. The largest absolute Gasteiger partial charge is 0.481 e. The Morgan fingerprint density at radius 3 is 2.95 bits per heavy atom.